The largest absolute Gasteiger partial charge is 0.332 e. The summed E-state index contributed by atoms with van der Waals surface area (Å²) in [7, 11) is 1.85. The van der Waals surface area contributed by atoms with Crippen molar-refractivity contribution < 1.29 is 4.79 Å². The molecule has 0 unspecified atom stereocenters. The van der Waals surface area contributed by atoms with E-state index in [0.29, 0.717) is 18.7 Å². The highest BCUT2D eigenvalue weighted by Crippen LogP contribution is 2.26. The van der Waals surface area contributed by atoms with E-state index in [4.69, 9.17) is 4.98 Å². The van der Waals surface area contributed by atoms with Crippen LogP contribution in [0.1, 0.15) is 34.2 Å². The van der Waals surface area contributed by atoms with E-state index in [0.717, 1.165) is 22.2 Å². The van der Waals surface area contributed by atoms with E-state index >= 15 is 0 Å². The monoisotopic (exact) mass is 355 g/mol. The van der Waals surface area contributed by atoms with Crippen molar-refractivity contribution in [2.24, 2.45) is 7.05 Å². The Morgan fingerprint density at radius 1 is 1.00 bits per heavy atom. The zero-order chi connectivity index (χ0) is 18.6. The van der Waals surface area contributed by atoms with Crippen LogP contribution in [0.25, 0.3) is 10.9 Å². The van der Waals surface area contributed by atoms with Gasteiger partial charge in [-0.1, -0.05) is 54.6 Å². The molecule has 2 heterocycles. The molecule has 0 bridgehead atoms. The maximum atomic E-state index is 12.8. The number of aryl methyl sites for hydroxylation is 1. The first-order chi connectivity index (χ1) is 13.2. The van der Waals surface area contributed by atoms with Gasteiger partial charge in [-0.15, -0.1) is 0 Å². The number of carbonyl (C=O) groups excluding carboxylic acids is 1. The molecule has 27 heavy (non-hydrogen) atoms. The van der Waals surface area contributed by atoms with Crippen molar-refractivity contribution in [2.45, 2.75) is 18.8 Å². The summed E-state index contributed by atoms with van der Waals surface area (Å²) in [6, 6.07) is 22.4. The summed E-state index contributed by atoms with van der Waals surface area (Å²) in [5.41, 5.74) is 3.13. The Morgan fingerprint density at radius 2 is 1.78 bits per heavy atom. The van der Waals surface area contributed by atoms with E-state index < -0.39 is 0 Å². The molecule has 0 radical (unpaired) electrons. The molecule has 2 aromatic heterocycles. The van der Waals surface area contributed by atoms with Crippen LogP contribution >= 0.6 is 0 Å². The SMILES string of the molecule is Cn1ccnc1C(=O)C[C@@H](Cc1ccc2ccccc2n1)c1ccccc1. The van der Waals surface area contributed by atoms with Crippen molar-refractivity contribution in [2.75, 3.05) is 0 Å². The highest BCUT2D eigenvalue weighted by molar-refractivity contribution is 5.93. The molecule has 4 nitrogen and oxygen atoms in total. The van der Waals surface area contributed by atoms with Gasteiger partial charge in [0.15, 0.2) is 11.6 Å². The number of hydrogen-bond acceptors (Lipinski definition) is 3. The van der Waals surface area contributed by atoms with Gasteiger partial charge in [-0.3, -0.25) is 9.78 Å². The molecule has 0 aliphatic rings. The van der Waals surface area contributed by atoms with Crippen molar-refractivity contribution in [1.29, 1.82) is 0 Å². The number of imidazole rings is 1. The fourth-order valence-corrected chi connectivity index (χ4v) is 3.46. The van der Waals surface area contributed by atoms with E-state index in [1.165, 1.54) is 0 Å². The van der Waals surface area contributed by atoms with E-state index in [1.807, 2.05) is 43.4 Å². The predicted molar refractivity (Wildman–Crippen MR) is 107 cm³/mol. The molecule has 0 aliphatic heterocycles. The van der Waals surface area contributed by atoms with Gasteiger partial charge in [-0.05, 0) is 30.0 Å². The van der Waals surface area contributed by atoms with E-state index in [9.17, 15) is 4.79 Å². The number of benzene rings is 2. The standard InChI is InChI=1S/C23H21N3O/c1-26-14-13-24-23(26)22(27)16-19(17-7-3-2-4-8-17)15-20-12-11-18-9-5-6-10-21(18)25-20/h2-14,19H,15-16H2,1H3/t19-/m1/s1. The number of hydrogen-bond donors (Lipinski definition) is 0. The molecule has 0 N–H and O–H groups in total. The van der Waals surface area contributed by atoms with E-state index in [2.05, 4.69) is 35.3 Å². The number of rotatable bonds is 6. The number of fused-ring (bicyclic) bond motifs is 1. The molecule has 134 valence electrons. The molecular formula is C23H21N3O. The van der Waals surface area contributed by atoms with Gasteiger partial charge < -0.3 is 4.57 Å². The van der Waals surface area contributed by atoms with Crippen LogP contribution in [0.3, 0.4) is 0 Å². The zero-order valence-electron chi connectivity index (χ0n) is 15.2. The third-order valence-corrected chi connectivity index (χ3v) is 4.88. The first-order valence-corrected chi connectivity index (χ1v) is 9.11. The van der Waals surface area contributed by atoms with Crippen molar-refractivity contribution in [3.63, 3.8) is 0 Å². The first kappa shape index (κ1) is 17.2. The summed E-state index contributed by atoms with van der Waals surface area (Å²) in [5, 5.41) is 1.13. The van der Waals surface area contributed by atoms with Crippen molar-refractivity contribution >= 4 is 16.7 Å². The van der Waals surface area contributed by atoms with Crippen molar-refractivity contribution in [3.05, 3.63) is 96.2 Å². The second-order valence-corrected chi connectivity index (χ2v) is 6.80. The van der Waals surface area contributed by atoms with Crippen LogP contribution in [0, 0.1) is 0 Å². The number of Topliss-reactive ketones (excluding diaryl/α,β-unsaturated/α-hetero) is 1. The van der Waals surface area contributed by atoms with Crippen LogP contribution in [-0.4, -0.2) is 20.3 Å². The van der Waals surface area contributed by atoms with Crippen LogP contribution in [0.15, 0.2) is 79.1 Å². The minimum Gasteiger partial charge on any atom is -0.332 e. The highest BCUT2D eigenvalue weighted by atomic mass is 16.1. The molecule has 4 rings (SSSR count). The van der Waals surface area contributed by atoms with Gasteiger partial charge in [0.1, 0.15) is 0 Å². The summed E-state index contributed by atoms with van der Waals surface area (Å²) < 4.78 is 1.78. The normalized spacial score (nSPS) is 12.2. The Balaban J connectivity index is 1.63. The average molecular weight is 355 g/mol. The Bertz CT molecular complexity index is 1070. The predicted octanol–water partition coefficient (Wildman–Crippen LogP) is 4.57. The molecule has 0 saturated heterocycles. The number of pyridine rings is 1. The molecule has 2 aromatic carbocycles. The summed E-state index contributed by atoms with van der Waals surface area (Å²) >= 11 is 0. The van der Waals surface area contributed by atoms with E-state index in [-0.39, 0.29) is 11.7 Å². The molecule has 4 aromatic rings. The van der Waals surface area contributed by atoms with Gasteiger partial charge in [0.05, 0.1) is 5.52 Å². The number of nitrogens with zero attached hydrogens (tertiary/aromatic N) is 3. The topological polar surface area (TPSA) is 47.8 Å². The molecule has 0 aliphatic carbocycles. The van der Waals surface area contributed by atoms with Crippen LogP contribution in [-0.2, 0) is 13.5 Å². The fraction of sp³-hybridized carbons (Fsp3) is 0.174. The van der Waals surface area contributed by atoms with Crippen LogP contribution in [0.4, 0.5) is 0 Å². The van der Waals surface area contributed by atoms with Crippen molar-refractivity contribution in [1.82, 2.24) is 14.5 Å². The second kappa shape index (κ2) is 7.54. The summed E-state index contributed by atoms with van der Waals surface area (Å²) in [5.74, 6) is 0.614. The van der Waals surface area contributed by atoms with Gasteiger partial charge in [-0.25, -0.2) is 4.98 Å². The van der Waals surface area contributed by atoms with Gasteiger partial charge in [0, 0.05) is 36.9 Å². The summed E-state index contributed by atoms with van der Waals surface area (Å²) in [6.45, 7) is 0. The molecule has 4 heteroatoms. The minimum absolute atomic E-state index is 0.0529. The Morgan fingerprint density at radius 3 is 2.56 bits per heavy atom. The maximum Gasteiger partial charge on any atom is 0.198 e. The summed E-state index contributed by atoms with van der Waals surface area (Å²) in [4.78, 5) is 21.8. The van der Waals surface area contributed by atoms with Crippen LogP contribution in [0.2, 0.25) is 0 Å². The molecule has 1 atom stereocenters. The maximum absolute atomic E-state index is 12.8. The zero-order valence-corrected chi connectivity index (χ0v) is 15.2. The van der Waals surface area contributed by atoms with Crippen LogP contribution < -0.4 is 0 Å². The van der Waals surface area contributed by atoms with E-state index in [1.54, 1.807) is 17.0 Å². The number of para-hydroxylation sites is 1. The molecular weight excluding hydrogens is 334 g/mol. The first-order valence-electron chi connectivity index (χ1n) is 9.11. The third-order valence-electron chi connectivity index (χ3n) is 4.88. The van der Waals surface area contributed by atoms with Crippen molar-refractivity contribution in [3.8, 4) is 0 Å². The molecule has 0 amide bonds. The smallest absolute Gasteiger partial charge is 0.198 e. The third kappa shape index (κ3) is 3.80. The molecule has 0 fully saturated rings. The fourth-order valence-electron chi connectivity index (χ4n) is 3.46. The Hall–Kier alpha value is -3.27. The average Bonchev–Trinajstić information content (AvgIpc) is 3.14. The second-order valence-electron chi connectivity index (χ2n) is 6.80. The quantitative estimate of drug-likeness (QED) is 0.476. The number of ketones is 1. The lowest BCUT2D eigenvalue weighted by atomic mass is 9.89. The number of aromatic nitrogens is 3. The molecule has 0 spiro atoms. The number of carbonyl (C=O) groups is 1. The van der Waals surface area contributed by atoms with Gasteiger partial charge in [0.25, 0.3) is 0 Å². The lowest BCUT2D eigenvalue weighted by molar-refractivity contribution is 0.0960. The Labute approximate surface area is 158 Å². The van der Waals surface area contributed by atoms with Gasteiger partial charge in [-0.2, -0.15) is 0 Å². The lowest BCUT2D eigenvalue weighted by Gasteiger charge is -2.17. The van der Waals surface area contributed by atoms with Gasteiger partial charge in [0.2, 0.25) is 0 Å². The molecule has 0 saturated carbocycles. The highest BCUT2D eigenvalue weighted by Gasteiger charge is 2.20. The minimum atomic E-state index is 0.0529. The lowest BCUT2D eigenvalue weighted by Crippen LogP contribution is -2.14. The van der Waals surface area contributed by atoms with Gasteiger partial charge >= 0.3 is 0 Å². The Kier molecular flexibility index (Phi) is 4.79. The summed E-state index contributed by atoms with van der Waals surface area (Å²) in [6.07, 6.45) is 4.58. The van der Waals surface area contributed by atoms with Crippen LogP contribution in [0.5, 0.6) is 0 Å².